The molecule has 1 amide bonds. The number of ether oxygens (including phenoxy) is 1. The largest absolute Gasteiger partial charge is 0.495 e. The highest BCUT2D eigenvalue weighted by Gasteiger charge is 2.29. The van der Waals surface area contributed by atoms with Crippen LogP contribution < -0.4 is 19.1 Å². The van der Waals surface area contributed by atoms with E-state index in [-0.39, 0.29) is 10.6 Å². The summed E-state index contributed by atoms with van der Waals surface area (Å²) in [5.74, 6) is -0.230. The zero-order valence-corrected chi connectivity index (χ0v) is 22.4. The van der Waals surface area contributed by atoms with Gasteiger partial charge in [-0.2, -0.15) is 0 Å². The molecule has 1 atom stereocenters. The van der Waals surface area contributed by atoms with Crippen LogP contribution in [0.15, 0.2) is 71.6 Å². The first-order valence-electron chi connectivity index (χ1n) is 10.6. The van der Waals surface area contributed by atoms with Crippen molar-refractivity contribution in [3.8, 4) is 5.75 Å². The molecule has 0 saturated heterocycles. The minimum absolute atomic E-state index is 0.0315. The summed E-state index contributed by atoms with van der Waals surface area (Å²) in [6, 6.07) is 15.6. The smallest absolute Gasteiger partial charge is 0.262 e. The molecule has 0 spiro atoms. The van der Waals surface area contributed by atoms with Crippen molar-refractivity contribution in [1.82, 2.24) is 0 Å². The van der Waals surface area contributed by atoms with Crippen LogP contribution in [-0.2, 0) is 24.8 Å². The molecule has 0 aliphatic rings. The molecule has 0 fully saturated rings. The van der Waals surface area contributed by atoms with E-state index in [1.807, 2.05) is 6.92 Å². The van der Waals surface area contributed by atoms with Gasteiger partial charge in [-0.25, -0.2) is 16.8 Å². The van der Waals surface area contributed by atoms with E-state index in [0.29, 0.717) is 22.1 Å². The third-order valence-corrected chi connectivity index (χ3v) is 8.08. The summed E-state index contributed by atoms with van der Waals surface area (Å²) < 4.78 is 59.3. The lowest BCUT2D eigenvalue weighted by Gasteiger charge is -2.28. The van der Waals surface area contributed by atoms with Crippen LogP contribution in [0, 0.1) is 6.92 Å². The lowest BCUT2D eigenvalue weighted by atomic mass is 10.2. The Hall–Kier alpha value is -3.28. The predicted molar refractivity (Wildman–Crippen MR) is 142 cm³/mol. The Kier molecular flexibility index (Phi) is 8.17. The quantitative estimate of drug-likeness (QED) is 0.410. The second kappa shape index (κ2) is 10.8. The molecular formula is C24H26ClN3O6S2. The number of carbonyl (C=O) groups excluding carboxylic acids is 1. The molecule has 0 radical (unpaired) electrons. The SMILES string of the molecule is COc1ccc(C)cc1NS(=O)(=O)c1ccc(NC(=O)[C@H](C)N(c2ccc(Cl)cc2)S(C)(=O)=O)cc1. The number of rotatable bonds is 9. The lowest BCUT2D eigenvalue weighted by Crippen LogP contribution is -2.45. The third-order valence-electron chi connectivity index (χ3n) is 5.20. The number of sulfonamides is 2. The van der Waals surface area contributed by atoms with Gasteiger partial charge in [0.15, 0.2) is 0 Å². The Morgan fingerprint density at radius 2 is 1.58 bits per heavy atom. The third kappa shape index (κ3) is 6.48. The van der Waals surface area contributed by atoms with Crippen LogP contribution in [-0.4, -0.2) is 42.2 Å². The minimum atomic E-state index is -3.94. The molecule has 2 N–H and O–H groups in total. The number of hydrogen-bond acceptors (Lipinski definition) is 6. The Labute approximate surface area is 216 Å². The van der Waals surface area contributed by atoms with Gasteiger partial charge < -0.3 is 10.1 Å². The summed E-state index contributed by atoms with van der Waals surface area (Å²) in [6.45, 7) is 3.27. The molecule has 192 valence electrons. The van der Waals surface area contributed by atoms with Gasteiger partial charge in [-0.3, -0.25) is 13.8 Å². The number of hydrogen-bond donors (Lipinski definition) is 2. The molecule has 12 heteroatoms. The molecule has 36 heavy (non-hydrogen) atoms. The average molecular weight is 552 g/mol. The van der Waals surface area contributed by atoms with Crippen molar-refractivity contribution in [3.05, 3.63) is 77.3 Å². The number of nitrogens with zero attached hydrogens (tertiary/aromatic N) is 1. The van der Waals surface area contributed by atoms with Crippen LogP contribution in [0.25, 0.3) is 0 Å². The van der Waals surface area contributed by atoms with Crippen LogP contribution in [0.2, 0.25) is 5.02 Å². The highest BCUT2D eigenvalue weighted by molar-refractivity contribution is 7.92. The van der Waals surface area contributed by atoms with Crippen LogP contribution in [0.4, 0.5) is 17.1 Å². The summed E-state index contributed by atoms with van der Waals surface area (Å²) in [5.41, 5.74) is 1.72. The van der Waals surface area contributed by atoms with E-state index in [1.54, 1.807) is 18.2 Å². The number of halogens is 1. The minimum Gasteiger partial charge on any atom is -0.495 e. The fourth-order valence-corrected chi connectivity index (χ4v) is 5.83. The summed E-state index contributed by atoms with van der Waals surface area (Å²) in [5, 5.41) is 3.05. The second-order valence-corrected chi connectivity index (χ2v) is 12.0. The van der Waals surface area contributed by atoms with Crippen LogP contribution in [0.5, 0.6) is 5.75 Å². The standard InChI is InChI=1S/C24H26ClN3O6S2/c1-16-5-14-23(34-3)22(15-16)27-36(32,33)21-12-8-19(9-13-21)26-24(29)17(2)28(35(4,30)31)20-10-6-18(25)7-11-20/h5-15,17,27H,1-4H3,(H,26,29)/t17-/m0/s1. The first-order valence-corrected chi connectivity index (χ1v) is 14.4. The van der Waals surface area contributed by atoms with E-state index in [0.717, 1.165) is 16.1 Å². The Morgan fingerprint density at radius 3 is 2.14 bits per heavy atom. The maximum Gasteiger partial charge on any atom is 0.262 e. The van der Waals surface area contributed by atoms with Crippen molar-refractivity contribution in [2.45, 2.75) is 24.8 Å². The van der Waals surface area contributed by atoms with Crippen molar-refractivity contribution < 1.29 is 26.4 Å². The zero-order chi connectivity index (χ0) is 26.7. The van der Waals surface area contributed by atoms with E-state index in [2.05, 4.69) is 10.0 Å². The number of aryl methyl sites for hydroxylation is 1. The van der Waals surface area contributed by atoms with Gasteiger partial charge in [0.05, 0.1) is 29.6 Å². The summed E-state index contributed by atoms with van der Waals surface area (Å²) in [7, 11) is -6.29. The molecule has 0 bridgehead atoms. The molecule has 0 heterocycles. The number of amides is 1. The van der Waals surface area contributed by atoms with Gasteiger partial charge in [0, 0.05) is 10.7 Å². The first-order chi connectivity index (χ1) is 16.8. The van der Waals surface area contributed by atoms with Crippen molar-refractivity contribution in [2.24, 2.45) is 0 Å². The van der Waals surface area contributed by atoms with Crippen molar-refractivity contribution in [3.63, 3.8) is 0 Å². The van der Waals surface area contributed by atoms with Crippen LogP contribution in [0.1, 0.15) is 12.5 Å². The second-order valence-electron chi connectivity index (χ2n) is 8.03. The molecule has 3 aromatic rings. The summed E-state index contributed by atoms with van der Waals surface area (Å²) in [6.07, 6.45) is 1.00. The summed E-state index contributed by atoms with van der Waals surface area (Å²) in [4.78, 5) is 12.8. The molecule has 0 saturated carbocycles. The molecular weight excluding hydrogens is 526 g/mol. The molecule has 0 aliphatic carbocycles. The van der Waals surface area contributed by atoms with Crippen LogP contribution in [0.3, 0.4) is 0 Å². The fourth-order valence-electron chi connectivity index (χ4n) is 3.47. The average Bonchev–Trinajstić information content (AvgIpc) is 2.80. The molecule has 0 unspecified atom stereocenters. The van der Waals surface area contributed by atoms with Crippen molar-refractivity contribution in [2.75, 3.05) is 27.7 Å². The van der Waals surface area contributed by atoms with E-state index in [1.165, 1.54) is 62.6 Å². The number of carbonyl (C=O) groups is 1. The molecule has 3 aromatic carbocycles. The van der Waals surface area contributed by atoms with Gasteiger partial charge in [-0.1, -0.05) is 17.7 Å². The molecule has 0 aromatic heterocycles. The van der Waals surface area contributed by atoms with Gasteiger partial charge in [0.25, 0.3) is 10.0 Å². The maximum absolute atomic E-state index is 12.9. The highest BCUT2D eigenvalue weighted by atomic mass is 35.5. The van der Waals surface area contributed by atoms with Crippen LogP contribution >= 0.6 is 11.6 Å². The van der Waals surface area contributed by atoms with E-state index >= 15 is 0 Å². The molecule has 3 rings (SSSR count). The normalized spacial score (nSPS) is 12.5. The monoisotopic (exact) mass is 551 g/mol. The van der Waals surface area contributed by atoms with E-state index < -0.39 is 32.0 Å². The van der Waals surface area contributed by atoms with E-state index in [4.69, 9.17) is 16.3 Å². The molecule has 0 aliphatic heterocycles. The Bertz CT molecular complexity index is 1460. The first kappa shape index (κ1) is 27.3. The number of nitrogens with one attached hydrogen (secondary N) is 2. The van der Waals surface area contributed by atoms with Crippen molar-refractivity contribution in [1.29, 1.82) is 0 Å². The van der Waals surface area contributed by atoms with Gasteiger partial charge in [-0.15, -0.1) is 0 Å². The summed E-state index contributed by atoms with van der Waals surface area (Å²) >= 11 is 5.89. The highest BCUT2D eigenvalue weighted by Crippen LogP contribution is 2.28. The molecule has 9 nitrogen and oxygen atoms in total. The lowest BCUT2D eigenvalue weighted by molar-refractivity contribution is -0.116. The number of benzene rings is 3. The van der Waals surface area contributed by atoms with Gasteiger partial charge >= 0.3 is 0 Å². The Morgan fingerprint density at radius 1 is 0.972 bits per heavy atom. The maximum atomic E-state index is 12.9. The number of methoxy groups -OCH3 is 1. The van der Waals surface area contributed by atoms with E-state index in [9.17, 15) is 21.6 Å². The number of anilines is 3. The fraction of sp³-hybridized carbons (Fsp3) is 0.208. The Balaban J connectivity index is 1.78. The van der Waals surface area contributed by atoms with Gasteiger partial charge in [0.1, 0.15) is 11.8 Å². The predicted octanol–water partition coefficient (Wildman–Crippen LogP) is 4.25. The van der Waals surface area contributed by atoms with Gasteiger partial charge in [0.2, 0.25) is 15.9 Å². The topological polar surface area (TPSA) is 122 Å². The zero-order valence-electron chi connectivity index (χ0n) is 20.0. The van der Waals surface area contributed by atoms with Gasteiger partial charge in [-0.05, 0) is 80.1 Å². The van der Waals surface area contributed by atoms with Crippen molar-refractivity contribution >= 4 is 54.6 Å².